The van der Waals surface area contributed by atoms with Crippen molar-refractivity contribution in [2.24, 2.45) is 0 Å². The van der Waals surface area contributed by atoms with Crippen molar-refractivity contribution in [2.45, 2.75) is 65.8 Å². The molecule has 5 heteroatoms. The van der Waals surface area contributed by atoms with E-state index < -0.39 is 8.80 Å². The van der Waals surface area contributed by atoms with Gasteiger partial charge in [0.25, 0.3) is 0 Å². The Morgan fingerprint density at radius 1 is 0.960 bits per heavy atom. The first-order chi connectivity index (χ1) is 10.6. The van der Waals surface area contributed by atoms with Crippen molar-refractivity contribution < 1.29 is 57.7 Å². The summed E-state index contributed by atoms with van der Waals surface area (Å²) < 4.78 is 1.66. The van der Waals surface area contributed by atoms with Crippen molar-refractivity contribution in [3.63, 3.8) is 0 Å². The van der Waals surface area contributed by atoms with Crippen molar-refractivity contribution in [3.8, 4) is 0 Å². The van der Waals surface area contributed by atoms with Gasteiger partial charge in [-0.2, -0.15) is 0 Å². The van der Waals surface area contributed by atoms with Crippen LogP contribution in [-0.2, 0) is 20.4 Å². The molecule has 1 aliphatic carbocycles. The average molecular weight is 452 g/mol. The number of allylic oxidation sites excluding steroid dienone is 4. The van der Waals surface area contributed by atoms with E-state index in [1.54, 1.807) is 19.8 Å². The van der Waals surface area contributed by atoms with E-state index in [9.17, 15) is 0 Å². The van der Waals surface area contributed by atoms with Crippen molar-refractivity contribution in [2.75, 3.05) is 0 Å². The van der Waals surface area contributed by atoms with Crippen molar-refractivity contribution in [1.29, 1.82) is 0 Å². The van der Waals surface area contributed by atoms with Crippen LogP contribution in [-0.4, -0.2) is 8.80 Å². The van der Waals surface area contributed by atoms with Gasteiger partial charge in [-0.15, -0.1) is 0 Å². The zero-order valence-corrected chi connectivity index (χ0v) is 20.7. The molecule has 0 amide bonds. The summed E-state index contributed by atoms with van der Waals surface area (Å²) >= 11 is 2.37. The fraction of sp³-hybridized carbons (Fsp3) is 0.500. The summed E-state index contributed by atoms with van der Waals surface area (Å²) in [5.74, 6) is 0. The van der Waals surface area contributed by atoms with Gasteiger partial charge in [0, 0.05) is 0 Å². The first kappa shape index (κ1) is 27.7. The molecule has 0 saturated carbocycles. The molecule has 138 valence electrons. The van der Waals surface area contributed by atoms with E-state index in [0.29, 0.717) is 0 Å². The Bertz CT molecular complexity index is 576. The minimum Gasteiger partial charge on any atom is -1.00 e. The van der Waals surface area contributed by atoms with Crippen LogP contribution < -0.4 is 42.4 Å². The second-order valence-corrected chi connectivity index (χ2v) is 10.5. The molecule has 1 unspecified atom stereocenters. The molecule has 0 saturated heterocycles. The predicted octanol–water partition coefficient (Wildman–Crippen LogP) is -3.98. The van der Waals surface area contributed by atoms with Crippen LogP contribution in [0.2, 0.25) is 6.04 Å². The fourth-order valence-electron chi connectivity index (χ4n) is 3.70. The maximum absolute atomic E-state index is 2.49. The molecule has 1 aromatic carbocycles. The van der Waals surface area contributed by atoms with Crippen LogP contribution in [0.3, 0.4) is 0 Å². The van der Waals surface area contributed by atoms with Crippen LogP contribution in [0.25, 0.3) is 0 Å². The van der Waals surface area contributed by atoms with Crippen LogP contribution >= 0.6 is 0 Å². The summed E-state index contributed by atoms with van der Waals surface area (Å²) in [6.07, 6.45) is 8.99. The molecule has 0 radical (unpaired) electrons. The van der Waals surface area contributed by atoms with E-state index in [2.05, 4.69) is 72.4 Å². The van der Waals surface area contributed by atoms with E-state index in [1.807, 2.05) is 0 Å². The molecule has 1 aromatic rings. The molecular weight excluding hydrogens is 423 g/mol. The Kier molecular flexibility index (Phi) is 15.1. The normalized spacial score (nSPS) is 14.2. The number of hydrogen-bond donors (Lipinski definition) is 0. The van der Waals surface area contributed by atoms with Crippen LogP contribution in [0, 0.1) is 13.8 Å². The predicted molar refractivity (Wildman–Crippen MR) is 97.0 cm³/mol. The second kappa shape index (κ2) is 13.6. The number of rotatable bonds is 7. The number of halogens is 3. The van der Waals surface area contributed by atoms with E-state index in [-0.39, 0.29) is 37.2 Å². The van der Waals surface area contributed by atoms with E-state index >= 15 is 0 Å². The topological polar surface area (TPSA) is 0 Å². The summed E-state index contributed by atoms with van der Waals surface area (Å²) in [5.41, 5.74) is 4.52. The second-order valence-electron chi connectivity index (χ2n) is 6.65. The molecular formula is C20H29Cl3SiTi. The van der Waals surface area contributed by atoms with Gasteiger partial charge in [0.2, 0.25) is 0 Å². The zero-order valence-electron chi connectivity index (χ0n) is 15.8. The maximum atomic E-state index is 2.49. The Hall–Kier alpha value is 0.501. The maximum Gasteiger partial charge on any atom is -1.00 e. The number of hydrogen-bond acceptors (Lipinski definition) is 0. The monoisotopic (exact) mass is 450 g/mol. The molecule has 1 aliphatic rings. The first-order valence-electron chi connectivity index (χ1n) is 8.79. The molecule has 2 rings (SSSR count). The van der Waals surface area contributed by atoms with E-state index in [4.69, 9.17) is 0 Å². The standard InChI is InChI=1S/C20H29Si.3ClH.Ti/c1-5-7-8-12-21(20-11-9-10-18(20)6-2)19-14-16(3)13-17(4)15-19;;;;/h10,13-15,21H,5-9,12H2,1-4H3;3*1H;/q;;;;+3/p-3. The number of benzene rings is 1. The van der Waals surface area contributed by atoms with E-state index in [0.717, 1.165) is 0 Å². The Labute approximate surface area is 186 Å². The minimum atomic E-state index is -1.05. The summed E-state index contributed by atoms with van der Waals surface area (Å²) in [6, 6.07) is 8.69. The number of unbranched alkanes of at least 4 members (excludes halogenated alkanes) is 2. The molecule has 0 spiro atoms. The third kappa shape index (κ3) is 7.56. The van der Waals surface area contributed by atoms with Crippen molar-refractivity contribution in [1.82, 2.24) is 0 Å². The van der Waals surface area contributed by atoms with Gasteiger partial charge in [-0.25, -0.2) is 0 Å². The van der Waals surface area contributed by atoms with Crippen LogP contribution in [0.4, 0.5) is 0 Å². The molecule has 1 atom stereocenters. The third-order valence-electron chi connectivity index (χ3n) is 4.70. The Balaban J connectivity index is 0. The molecule has 0 nitrogen and oxygen atoms in total. The number of aryl methyl sites for hydroxylation is 2. The van der Waals surface area contributed by atoms with Gasteiger partial charge in [-0.05, 0) is 0 Å². The Morgan fingerprint density at radius 3 is 2.08 bits per heavy atom. The third-order valence-corrected chi connectivity index (χ3v) is 9.43. The zero-order chi connectivity index (χ0) is 16.1. The van der Waals surface area contributed by atoms with Gasteiger partial charge in [-0.1, -0.05) is 0 Å². The van der Waals surface area contributed by atoms with Crippen molar-refractivity contribution >= 4 is 14.0 Å². The van der Waals surface area contributed by atoms with Gasteiger partial charge in [-0.3, -0.25) is 0 Å². The molecule has 0 N–H and O–H groups in total. The fourth-order valence-corrected chi connectivity index (χ4v) is 8.81. The summed E-state index contributed by atoms with van der Waals surface area (Å²) in [6.45, 7) is 9.13. The van der Waals surface area contributed by atoms with Gasteiger partial charge in [0.15, 0.2) is 0 Å². The summed E-state index contributed by atoms with van der Waals surface area (Å²) in [5, 5.41) is 3.47. The van der Waals surface area contributed by atoms with Crippen LogP contribution in [0.15, 0.2) is 38.9 Å². The summed E-state index contributed by atoms with van der Waals surface area (Å²) in [4.78, 5) is 0. The van der Waals surface area contributed by atoms with Crippen LogP contribution in [0.5, 0.6) is 0 Å². The van der Waals surface area contributed by atoms with Gasteiger partial charge in [0.1, 0.15) is 0 Å². The SMILES string of the molecule is CCCCC[SiH](C1=[C]([Ti+3])CC=C1CC)c1cc(C)cc(C)c1.[Cl-].[Cl-].[Cl-]. The minimum absolute atomic E-state index is 0. The molecule has 0 bridgehead atoms. The van der Waals surface area contributed by atoms with Crippen molar-refractivity contribution in [3.05, 3.63) is 50.0 Å². The molecule has 0 heterocycles. The molecule has 0 aliphatic heterocycles. The van der Waals surface area contributed by atoms with Gasteiger partial charge >= 0.3 is 150 Å². The molecule has 25 heavy (non-hydrogen) atoms. The van der Waals surface area contributed by atoms with Gasteiger partial charge in [0.05, 0.1) is 0 Å². The van der Waals surface area contributed by atoms with Gasteiger partial charge < -0.3 is 37.2 Å². The molecule has 0 fully saturated rings. The average Bonchev–Trinajstić information content (AvgIpc) is 2.83. The first-order valence-corrected chi connectivity index (χ1v) is 11.5. The Morgan fingerprint density at radius 2 is 1.56 bits per heavy atom. The molecule has 0 aromatic heterocycles. The smallest absolute Gasteiger partial charge is 1.00 e. The van der Waals surface area contributed by atoms with Crippen LogP contribution in [0.1, 0.15) is 57.1 Å². The quantitative estimate of drug-likeness (QED) is 0.293. The van der Waals surface area contributed by atoms with E-state index in [1.165, 1.54) is 49.3 Å². The summed E-state index contributed by atoms with van der Waals surface area (Å²) in [7, 11) is -1.05. The largest absolute Gasteiger partial charge is 1.00 e.